The van der Waals surface area contributed by atoms with E-state index in [4.69, 9.17) is 0 Å². The Morgan fingerprint density at radius 1 is 0.926 bits per heavy atom. The molecule has 0 saturated heterocycles. The fourth-order valence-electron chi connectivity index (χ4n) is 2.95. The van der Waals surface area contributed by atoms with Crippen LogP contribution in [0.1, 0.15) is 11.1 Å². The van der Waals surface area contributed by atoms with E-state index in [1.807, 2.05) is 73.0 Å². The van der Waals surface area contributed by atoms with Gasteiger partial charge in [0.25, 0.3) is 0 Å². The predicted octanol–water partition coefficient (Wildman–Crippen LogP) is 5.35. The molecule has 0 fully saturated rings. The molecule has 2 N–H and O–H groups in total. The first kappa shape index (κ1) is 19.5. The number of thioether (sulfide) groups is 1. The van der Waals surface area contributed by atoms with Crippen LogP contribution in [0.15, 0.2) is 81.4 Å². The fraction of sp³-hybridized carbons (Fsp3) is 0.136. The third-order valence-corrected chi connectivity index (χ3v) is 6.03. The van der Waals surface area contributed by atoms with Gasteiger partial charge in [0.05, 0.1) is 13.0 Å². The van der Waals surface area contributed by atoms with Crippen molar-refractivity contribution >= 4 is 29.5 Å². The van der Waals surface area contributed by atoms with E-state index in [0.717, 1.165) is 25.8 Å². The van der Waals surface area contributed by atoms with Crippen molar-refractivity contribution in [2.24, 2.45) is 0 Å². The van der Waals surface area contributed by atoms with Crippen molar-refractivity contribution in [1.82, 2.24) is 0 Å². The summed E-state index contributed by atoms with van der Waals surface area (Å²) in [4.78, 5) is 14.7. The number of carboxylic acids is 1. The number of carbonyl (C=O) groups is 1. The predicted molar refractivity (Wildman–Crippen MR) is 111 cm³/mol. The Hall–Kier alpha value is -2.21. The standard InChI is InChI=1S/C22H20O3S2/c1-26-17-10-7-15(8-11-17)22-19(13-21(24)25)16(14-23)9-12-20(22)27-18-5-3-2-4-6-18/h2-12,23H,13-14H2,1H3,(H,24,25). The molecule has 0 atom stereocenters. The van der Waals surface area contributed by atoms with Crippen molar-refractivity contribution in [2.75, 3.05) is 6.26 Å². The van der Waals surface area contributed by atoms with Crippen LogP contribution >= 0.6 is 23.5 Å². The van der Waals surface area contributed by atoms with Crippen LogP contribution in [0, 0.1) is 0 Å². The normalized spacial score (nSPS) is 10.7. The molecule has 0 bridgehead atoms. The average molecular weight is 397 g/mol. The van der Waals surface area contributed by atoms with Gasteiger partial charge in [-0.25, -0.2) is 0 Å². The van der Waals surface area contributed by atoms with Gasteiger partial charge in [-0.15, -0.1) is 11.8 Å². The zero-order chi connectivity index (χ0) is 19.2. The van der Waals surface area contributed by atoms with Gasteiger partial charge < -0.3 is 10.2 Å². The zero-order valence-corrected chi connectivity index (χ0v) is 16.5. The van der Waals surface area contributed by atoms with Gasteiger partial charge in [0.2, 0.25) is 0 Å². The van der Waals surface area contributed by atoms with Crippen molar-refractivity contribution < 1.29 is 15.0 Å². The number of aliphatic hydroxyl groups is 1. The summed E-state index contributed by atoms with van der Waals surface area (Å²) >= 11 is 3.26. The first-order valence-corrected chi connectivity index (χ1v) is 10.5. The molecule has 27 heavy (non-hydrogen) atoms. The van der Waals surface area contributed by atoms with Crippen molar-refractivity contribution in [3.05, 3.63) is 77.9 Å². The van der Waals surface area contributed by atoms with Crippen LogP contribution in [-0.2, 0) is 17.8 Å². The quantitative estimate of drug-likeness (QED) is 0.528. The summed E-state index contributed by atoms with van der Waals surface area (Å²) in [6, 6.07) is 21.9. The van der Waals surface area contributed by atoms with Crippen LogP contribution in [0.4, 0.5) is 0 Å². The number of carboxylic acid groups (broad SMARTS) is 1. The molecule has 0 radical (unpaired) electrons. The molecule has 3 rings (SSSR count). The van der Waals surface area contributed by atoms with Gasteiger partial charge in [0.1, 0.15) is 0 Å². The van der Waals surface area contributed by atoms with E-state index in [0.29, 0.717) is 11.1 Å². The molecule has 3 nitrogen and oxygen atoms in total. The number of aliphatic carboxylic acids is 1. The van der Waals surface area contributed by atoms with Gasteiger partial charge in [0.15, 0.2) is 0 Å². The van der Waals surface area contributed by atoms with Crippen LogP contribution in [0.5, 0.6) is 0 Å². The first-order chi connectivity index (χ1) is 13.1. The van der Waals surface area contributed by atoms with Gasteiger partial charge in [-0.1, -0.05) is 48.2 Å². The molecule has 138 valence electrons. The van der Waals surface area contributed by atoms with Crippen molar-refractivity contribution in [3.8, 4) is 11.1 Å². The monoisotopic (exact) mass is 396 g/mol. The van der Waals surface area contributed by atoms with E-state index in [2.05, 4.69) is 0 Å². The zero-order valence-electron chi connectivity index (χ0n) is 14.9. The molecule has 3 aromatic rings. The number of aliphatic hydroxyl groups excluding tert-OH is 1. The molecule has 0 aliphatic carbocycles. The molecule has 5 heteroatoms. The maximum Gasteiger partial charge on any atom is 0.307 e. The topological polar surface area (TPSA) is 57.5 Å². The van der Waals surface area contributed by atoms with Crippen LogP contribution in [0.2, 0.25) is 0 Å². The van der Waals surface area contributed by atoms with Crippen molar-refractivity contribution in [3.63, 3.8) is 0 Å². The number of benzene rings is 3. The Balaban J connectivity index is 2.17. The summed E-state index contributed by atoms with van der Waals surface area (Å²) in [6.45, 7) is -0.186. The second kappa shape index (κ2) is 9.13. The Kier molecular flexibility index (Phi) is 6.61. The van der Waals surface area contributed by atoms with Crippen LogP contribution in [0.3, 0.4) is 0 Å². The highest BCUT2D eigenvalue weighted by molar-refractivity contribution is 7.99. The first-order valence-electron chi connectivity index (χ1n) is 8.47. The minimum absolute atomic E-state index is 0.126. The maximum atomic E-state index is 11.5. The van der Waals surface area contributed by atoms with Gasteiger partial charge in [-0.2, -0.15) is 0 Å². The van der Waals surface area contributed by atoms with Crippen LogP contribution in [0.25, 0.3) is 11.1 Å². The number of hydrogen-bond donors (Lipinski definition) is 2. The smallest absolute Gasteiger partial charge is 0.307 e. The highest BCUT2D eigenvalue weighted by Crippen LogP contribution is 2.40. The number of hydrogen-bond acceptors (Lipinski definition) is 4. The molecule has 0 aromatic heterocycles. The van der Waals surface area contributed by atoms with Crippen molar-refractivity contribution in [1.29, 1.82) is 0 Å². The van der Waals surface area contributed by atoms with Crippen LogP contribution < -0.4 is 0 Å². The molecule has 0 unspecified atom stereocenters. The lowest BCUT2D eigenvalue weighted by Crippen LogP contribution is -2.07. The Bertz CT molecular complexity index is 922. The van der Waals surface area contributed by atoms with Crippen molar-refractivity contribution in [2.45, 2.75) is 27.7 Å². The Labute approximate surface area is 167 Å². The lowest BCUT2D eigenvalue weighted by Gasteiger charge is -2.18. The average Bonchev–Trinajstić information content (AvgIpc) is 2.69. The Morgan fingerprint density at radius 3 is 2.22 bits per heavy atom. The van der Waals surface area contributed by atoms with E-state index in [1.165, 1.54) is 0 Å². The SMILES string of the molecule is CSc1ccc(-c2c(Sc3ccccc3)ccc(CO)c2CC(=O)O)cc1. The molecule has 0 heterocycles. The van der Waals surface area contributed by atoms with Gasteiger partial charge in [-0.05, 0) is 58.8 Å². The fourth-order valence-corrected chi connectivity index (χ4v) is 4.38. The van der Waals surface area contributed by atoms with E-state index in [-0.39, 0.29) is 13.0 Å². The summed E-state index contributed by atoms with van der Waals surface area (Å²) < 4.78 is 0. The second-order valence-corrected chi connectivity index (χ2v) is 7.94. The van der Waals surface area contributed by atoms with E-state index in [9.17, 15) is 15.0 Å². The molecular formula is C22H20O3S2. The summed E-state index contributed by atoms with van der Waals surface area (Å²) in [7, 11) is 0. The van der Waals surface area contributed by atoms with Crippen LogP contribution in [-0.4, -0.2) is 22.4 Å². The summed E-state index contributed by atoms with van der Waals surface area (Å²) in [5.41, 5.74) is 3.16. The Morgan fingerprint density at radius 2 is 1.63 bits per heavy atom. The maximum absolute atomic E-state index is 11.5. The third-order valence-electron chi connectivity index (χ3n) is 4.22. The van der Waals surface area contributed by atoms with E-state index < -0.39 is 5.97 Å². The molecule has 0 aliphatic heterocycles. The lowest BCUT2D eigenvalue weighted by atomic mass is 9.93. The van der Waals surface area contributed by atoms with Gasteiger partial charge in [-0.3, -0.25) is 4.79 Å². The number of rotatable bonds is 7. The van der Waals surface area contributed by atoms with Gasteiger partial charge >= 0.3 is 5.97 Å². The summed E-state index contributed by atoms with van der Waals surface area (Å²) in [6.07, 6.45) is 1.90. The highest BCUT2D eigenvalue weighted by Gasteiger charge is 2.18. The third kappa shape index (κ3) is 4.75. The molecular weight excluding hydrogens is 376 g/mol. The van der Waals surface area contributed by atoms with E-state index >= 15 is 0 Å². The second-order valence-electron chi connectivity index (χ2n) is 5.95. The lowest BCUT2D eigenvalue weighted by molar-refractivity contribution is -0.136. The minimum Gasteiger partial charge on any atom is -0.481 e. The van der Waals surface area contributed by atoms with Gasteiger partial charge in [0, 0.05) is 14.7 Å². The minimum atomic E-state index is -0.909. The largest absolute Gasteiger partial charge is 0.481 e. The summed E-state index contributed by atoms with van der Waals surface area (Å²) in [5.74, 6) is -0.909. The van der Waals surface area contributed by atoms with E-state index in [1.54, 1.807) is 23.5 Å². The molecule has 0 amide bonds. The molecule has 0 aliphatic rings. The highest BCUT2D eigenvalue weighted by atomic mass is 32.2. The molecule has 3 aromatic carbocycles. The molecule has 0 saturated carbocycles. The molecule has 0 spiro atoms. The summed E-state index contributed by atoms with van der Waals surface area (Å²) in [5, 5.41) is 19.2.